The first-order valence-corrected chi connectivity index (χ1v) is 10.8. The Kier molecular flexibility index (Phi) is 5.96. The lowest BCUT2D eigenvalue weighted by Crippen LogP contribution is -2.26. The largest absolute Gasteiger partial charge is 0.467 e. The van der Waals surface area contributed by atoms with Gasteiger partial charge in [-0.3, -0.25) is 4.79 Å². The second-order valence-electron chi connectivity index (χ2n) is 8.23. The molecular weight excluding hydrogens is 334 g/mol. The van der Waals surface area contributed by atoms with Crippen LogP contribution in [0.5, 0.6) is 0 Å². The van der Waals surface area contributed by atoms with Gasteiger partial charge in [0.25, 0.3) is 0 Å². The Balaban J connectivity index is 1.58. The van der Waals surface area contributed by atoms with Crippen molar-refractivity contribution in [3.8, 4) is 0 Å². The van der Waals surface area contributed by atoms with Crippen LogP contribution in [0, 0.1) is 11.8 Å². The summed E-state index contributed by atoms with van der Waals surface area (Å²) >= 11 is 0. The third kappa shape index (κ3) is 4.28. The Morgan fingerprint density at radius 2 is 1.70 bits per heavy atom. The van der Waals surface area contributed by atoms with Gasteiger partial charge in [-0.15, -0.1) is 0 Å². The summed E-state index contributed by atoms with van der Waals surface area (Å²) < 4.78 is 5.52. The minimum Gasteiger partial charge on any atom is -0.467 e. The smallest absolute Gasteiger partial charge is 0.166 e. The number of Topliss-reactive ketones (excluding diaryl/α,β-unsaturated/α-hetero) is 1. The van der Waals surface area contributed by atoms with E-state index in [0.29, 0.717) is 18.2 Å². The number of hydrogen-bond donors (Lipinski definition) is 1. The van der Waals surface area contributed by atoms with Crippen LogP contribution in [-0.2, 0) is 11.3 Å². The second-order valence-corrected chi connectivity index (χ2v) is 8.23. The maximum Gasteiger partial charge on any atom is 0.166 e. The highest BCUT2D eigenvalue weighted by atomic mass is 16.3. The van der Waals surface area contributed by atoms with E-state index in [1.807, 2.05) is 18.2 Å². The Hall–Kier alpha value is -2.03. The molecule has 1 heterocycles. The van der Waals surface area contributed by atoms with Crippen LogP contribution in [0.15, 0.2) is 57.9 Å². The van der Waals surface area contributed by atoms with Crippen molar-refractivity contribution in [3.63, 3.8) is 0 Å². The third-order valence-electron chi connectivity index (χ3n) is 6.39. The van der Waals surface area contributed by atoms with Gasteiger partial charge >= 0.3 is 0 Å². The molecule has 0 bridgehead atoms. The molecule has 1 aromatic rings. The van der Waals surface area contributed by atoms with Crippen molar-refractivity contribution in [2.75, 3.05) is 0 Å². The van der Waals surface area contributed by atoms with E-state index in [4.69, 9.17) is 4.42 Å². The highest BCUT2D eigenvalue weighted by Gasteiger charge is 2.30. The standard InChI is InChI=1S/C24H31NO2/c26-24(19-11-5-2-6-12-19)22-15-7-14-21(22)23(18-9-3-1-4-10-18)25-17-20-13-8-16-27-20/h7-8,13-16,18-19,25H,1-6,9-12,17H2. The lowest BCUT2D eigenvalue weighted by molar-refractivity contribution is -0.119. The second kappa shape index (κ2) is 8.77. The third-order valence-corrected chi connectivity index (χ3v) is 6.39. The lowest BCUT2D eigenvalue weighted by Gasteiger charge is -2.28. The first-order chi connectivity index (χ1) is 13.3. The van der Waals surface area contributed by atoms with Crippen LogP contribution in [0.3, 0.4) is 0 Å². The summed E-state index contributed by atoms with van der Waals surface area (Å²) in [6, 6.07) is 3.93. The number of nitrogens with one attached hydrogen (secondary N) is 1. The minimum atomic E-state index is 0.220. The number of ketones is 1. The maximum atomic E-state index is 13.2. The molecule has 0 spiro atoms. The predicted octanol–water partition coefficient (Wildman–Crippen LogP) is 5.85. The molecule has 4 rings (SSSR count). The summed E-state index contributed by atoms with van der Waals surface area (Å²) in [6.07, 6.45) is 20.1. The van der Waals surface area contributed by atoms with Crippen LogP contribution in [0.2, 0.25) is 0 Å². The van der Waals surface area contributed by atoms with E-state index < -0.39 is 0 Å². The summed E-state index contributed by atoms with van der Waals surface area (Å²) in [5.41, 5.74) is 3.34. The lowest BCUT2D eigenvalue weighted by atomic mass is 9.80. The molecular formula is C24H31NO2. The van der Waals surface area contributed by atoms with Crippen molar-refractivity contribution in [1.29, 1.82) is 0 Å². The van der Waals surface area contributed by atoms with E-state index in [1.54, 1.807) is 6.26 Å². The quantitative estimate of drug-likeness (QED) is 0.687. The Labute approximate surface area is 162 Å². The first-order valence-electron chi connectivity index (χ1n) is 10.8. The number of carbonyl (C=O) groups is 1. The molecule has 0 amide bonds. The molecule has 0 unspecified atom stereocenters. The molecule has 0 aliphatic heterocycles. The van der Waals surface area contributed by atoms with E-state index >= 15 is 0 Å². The summed E-state index contributed by atoms with van der Waals surface area (Å²) in [5, 5.41) is 3.66. The number of rotatable bonds is 6. The number of allylic oxidation sites excluding steroid dienone is 6. The minimum absolute atomic E-state index is 0.220. The zero-order chi connectivity index (χ0) is 18.5. The topological polar surface area (TPSA) is 42.2 Å². The van der Waals surface area contributed by atoms with Crippen LogP contribution in [0.4, 0.5) is 0 Å². The van der Waals surface area contributed by atoms with E-state index in [1.165, 1.54) is 57.1 Å². The van der Waals surface area contributed by atoms with Gasteiger partial charge in [-0.05, 0) is 43.7 Å². The zero-order valence-corrected chi connectivity index (χ0v) is 16.2. The predicted molar refractivity (Wildman–Crippen MR) is 108 cm³/mol. The van der Waals surface area contributed by atoms with Crippen LogP contribution in [-0.4, -0.2) is 5.78 Å². The van der Waals surface area contributed by atoms with Crippen molar-refractivity contribution in [2.24, 2.45) is 11.8 Å². The van der Waals surface area contributed by atoms with Gasteiger partial charge < -0.3 is 9.73 Å². The van der Waals surface area contributed by atoms with Crippen molar-refractivity contribution in [1.82, 2.24) is 5.32 Å². The van der Waals surface area contributed by atoms with Gasteiger partial charge in [0.1, 0.15) is 5.76 Å². The van der Waals surface area contributed by atoms with Gasteiger partial charge in [-0.2, -0.15) is 0 Å². The van der Waals surface area contributed by atoms with Crippen LogP contribution in [0.1, 0.15) is 70.0 Å². The maximum absolute atomic E-state index is 13.2. The molecule has 0 radical (unpaired) electrons. The molecule has 1 N–H and O–H groups in total. The summed E-state index contributed by atoms with van der Waals surface area (Å²) in [5.74, 6) is 2.05. The van der Waals surface area contributed by atoms with Crippen LogP contribution < -0.4 is 5.32 Å². The fraction of sp³-hybridized carbons (Fsp3) is 0.542. The summed E-state index contributed by atoms with van der Waals surface area (Å²) in [4.78, 5) is 13.2. The molecule has 3 aliphatic rings. The van der Waals surface area contributed by atoms with Gasteiger partial charge in [0.2, 0.25) is 0 Å². The van der Waals surface area contributed by atoms with Gasteiger partial charge in [0.15, 0.2) is 5.78 Å². The highest BCUT2D eigenvalue weighted by molar-refractivity contribution is 6.03. The van der Waals surface area contributed by atoms with Gasteiger partial charge in [0.05, 0.1) is 12.8 Å². The molecule has 3 heteroatoms. The zero-order valence-electron chi connectivity index (χ0n) is 16.2. The SMILES string of the molecule is O=C(C1=CC=CC1=C(NCc1ccco1)C1CCCCC1)C1CCCCC1. The molecule has 1 aromatic heterocycles. The van der Waals surface area contributed by atoms with Crippen molar-refractivity contribution in [2.45, 2.75) is 70.8 Å². The summed E-state index contributed by atoms with van der Waals surface area (Å²) in [7, 11) is 0. The Bertz CT molecular complexity index is 726. The molecule has 0 aromatic carbocycles. The highest BCUT2D eigenvalue weighted by Crippen LogP contribution is 2.36. The average Bonchev–Trinajstić information content (AvgIpc) is 3.41. The van der Waals surface area contributed by atoms with E-state index in [-0.39, 0.29) is 5.92 Å². The molecule has 3 nitrogen and oxygen atoms in total. The van der Waals surface area contributed by atoms with Gasteiger partial charge in [-0.25, -0.2) is 0 Å². The Morgan fingerprint density at radius 3 is 2.37 bits per heavy atom. The van der Waals surface area contributed by atoms with Crippen LogP contribution >= 0.6 is 0 Å². The molecule has 0 atom stereocenters. The van der Waals surface area contributed by atoms with E-state index in [0.717, 1.165) is 29.7 Å². The summed E-state index contributed by atoms with van der Waals surface area (Å²) in [6.45, 7) is 0.682. The molecule has 27 heavy (non-hydrogen) atoms. The molecule has 3 aliphatic carbocycles. The van der Waals surface area contributed by atoms with Crippen molar-refractivity contribution in [3.05, 3.63) is 59.2 Å². The fourth-order valence-electron chi connectivity index (χ4n) is 4.90. The van der Waals surface area contributed by atoms with Crippen molar-refractivity contribution < 1.29 is 9.21 Å². The van der Waals surface area contributed by atoms with Crippen LogP contribution in [0.25, 0.3) is 0 Å². The number of hydrogen-bond acceptors (Lipinski definition) is 3. The molecule has 144 valence electrons. The number of furan rings is 1. The number of carbonyl (C=O) groups excluding carboxylic acids is 1. The molecule has 2 fully saturated rings. The monoisotopic (exact) mass is 365 g/mol. The fourth-order valence-corrected chi connectivity index (χ4v) is 4.90. The van der Waals surface area contributed by atoms with E-state index in [2.05, 4.69) is 17.5 Å². The van der Waals surface area contributed by atoms with Crippen molar-refractivity contribution >= 4 is 5.78 Å². The van der Waals surface area contributed by atoms with E-state index in [9.17, 15) is 4.79 Å². The Morgan fingerprint density at radius 1 is 1.00 bits per heavy atom. The first kappa shape index (κ1) is 18.3. The van der Waals surface area contributed by atoms with Gasteiger partial charge in [-0.1, -0.05) is 56.8 Å². The molecule has 0 saturated heterocycles. The average molecular weight is 366 g/mol. The normalized spacial score (nSPS) is 23.3. The van der Waals surface area contributed by atoms with Gasteiger partial charge in [0, 0.05) is 22.8 Å². The molecule has 2 saturated carbocycles.